The normalized spacial score (nSPS) is 14.3. The molecule has 2 N–H and O–H groups in total. The van der Waals surface area contributed by atoms with Crippen LogP contribution in [0.4, 0.5) is 11.6 Å². The van der Waals surface area contributed by atoms with E-state index in [9.17, 15) is 13.7 Å². The first-order valence-corrected chi connectivity index (χ1v) is 14.0. The minimum atomic E-state index is -3.58. The third-order valence-corrected chi connectivity index (χ3v) is 7.49. The van der Waals surface area contributed by atoms with Crippen LogP contribution in [0.5, 0.6) is 5.75 Å². The molecular formula is C27H32N6O4S. The second kappa shape index (κ2) is 12.8. The highest BCUT2D eigenvalue weighted by molar-refractivity contribution is 7.89. The van der Waals surface area contributed by atoms with Crippen LogP contribution in [0.2, 0.25) is 0 Å². The molecular weight excluding hydrogens is 504 g/mol. The monoisotopic (exact) mass is 536 g/mol. The van der Waals surface area contributed by atoms with Crippen molar-refractivity contribution in [2.75, 3.05) is 45.7 Å². The van der Waals surface area contributed by atoms with Crippen molar-refractivity contribution in [3.05, 3.63) is 60.3 Å². The highest BCUT2D eigenvalue weighted by Gasteiger charge is 2.18. The van der Waals surface area contributed by atoms with Gasteiger partial charge in [0.1, 0.15) is 17.9 Å². The Kier molecular flexibility index (Phi) is 9.25. The second-order valence-electron chi connectivity index (χ2n) is 9.22. The van der Waals surface area contributed by atoms with Gasteiger partial charge in [-0.2, -0.15) is 5.26 Å². The largest absolute Gasteiger partial charge is 0.489 e. The zero-order valence-corrected chi connectivity index (χ0v) is 22.4. The molecule has 1 fully saturated rings. The maximum absolute atomic E-state index is 12.5. The molecule has 0 radical (unpaired) electrons. The summed E-state index contributed by atoms with van der Waals surface area (Å²) >= 11 is 0. The molecule has 2 aromatic carbocycles. The average Bonchev–Trinajstić information content (AvgIpc) is 2.92. The zero-order chi connectivity index (χ0) is 27.0. The van der Waals surface area contributed by atoms with Crippen molar-refractivity contribution in [2.45, 2.75) is 30.3 Å². The molecule has 0 bridgehead atoms. The van der Waals surface area contributed by atoms with Crippen molar-refractivity contribution in [1.29, 1.82) is 5.26 Å². The van der Waals surface area contributed by atoms with Gasteiger partial charge in [-0.3, -0.25) is 0 Å². The van der Waals surface area contributed by atoms with Crippen LogP contribution in [0, 0.1) is 11.3 Å². The van der Waals surface area contributed by atoms with Crippen LogP contribution in [-0.2, 0) is 14.8 Å². The Labute approximate surface area is 223 Å². The minimum Gasteiger partial charge on any atom is -0.489 e. The standard InChI is InChI=1S/C27H32N6O4S/c1-33(2)15-3-13-30-38(34,35)24-7-5-22(6-8-24)31-27-29-14-10-25(32-27)20-4-9-26(21(18-20)19-28)37-23-11-16-36-17-12-23/h4-10,14,18,23,30H,3,11-13,15-17H2,1-2H3,(H,29,31,32). The number of ether oxygens (including phenoxy) is 2. The van der Waals surface area contributed by atoms with Crippen molar-refractivity contribution >= 4 is 21.7 Å². The highest BCUT2D eigenvalue weighted by atomic mass is 32.2. The van der Waals surface area contributed by atoms with Gasteiger partial charge < -0.3 is 19.7 Å². The number of nitrogens with one attached hydrogen (secondary N) is 2. The summed E-state index contributed by atoms with van der Waals surface area (Å²) in [6, 6.07) is 15.8. The molecule has 0 spiro atoms. The molecule has 0 aliphatic carbocycles. The predicted octanol–water partition coefficient (Wildman–Crippen LogP) is 3.55. The van der Waals surface area contributed by atoms with Crippen molar-refractivity contribution < 1.29 is 17.9 Å². The van der Waals surface area contributed by atoms with E-state index in [1.165, 1.54) is 12.1 Å². The molecule has 2 heterocycles. The van der Waals surface area contributed by atoms with Gasteiger partial charge >= 0.3 is 0 Å². The van der Waals surface area contributed by atoms with Crippen LogP contribution in [0.25, 0.3) is 11.3 Å². The van der Waals surface area contributed by atoms with Crippen molar-refractivity contribution in [3.63, 3.8) is 0 Å². The van der Waals surface area contributed by atoms with E-state index in [4.69, 9.17) is 9.47 Å². The van der Waals surface area contributed by atoms with E-state index in [1.807, 2.05) is 25.1 Å². The number of rotatable bonds is 11. The smallest absolute Gasteiger partial charge is 0.240 e. The molecule has 0 atom stereocenters. The Bertz CT molecular complexity index is 1370. The first-order valence-electron chi connectivity index (χ1n) is 12.5. The van der Waals surface area contributed by atoms with Crippen LogP contribution in [0.1, 0.15) is 24.8 Å². The molecule has 0 unspecified atom stereocenters. The SMILES string of the molecule is CN(C)CCCNS(=O)(=O)c1ccc(Nc2nccc(-c3ccc(OC4CCOCC4)c(C#N)c3)n2)cc1. The summed E-state index contributed by atoms with van der Waals surface area (Å²) in [5, 5.41) is 12.8. The van der Waals surface area contributed by atoms with Crippen molar-refractivity contribution in [2.24, 2.45) is 0 Å². The lowest BCUT2D eigenvalue weighted by Crippen LogP contribution is -2.27. The maximum atomic E-state index is 12.5. The number of nitrogens with zero attached hydrogens (tertiary/aromatic N) is 4. The van der Waals surface area contributed by atoms with Gasteiger partial charge in [0.25, 0.3) is 0 Å². The molecule has 3 aromatic rings. The van der Waals surface area contributed by atoms with Crippen molar-refractivity contribution in [3.8, 4) is 23.1 Å². The first-order chi connectivity index (χ1) is 18.3. The molecule has 11 heteroatoms. The summed E-state index contributed by atoms with van der Waals surface area (Å²) in [6.45, 7) is 2.50. The van der Waals surface area contributed by atoms with E-state index >= 15 is 0 Å². The lowest BCUT2D eigenvalue weighted by atomic mass is 10.1. The van der Waals surface area contributed by atoms with E-state index in [0.717, 1.165) is 31.4 Å². The van der Waals surface area contributed by atoms with Gasteiger partial charge in [0.15, 0.2) is 0 Å². The molecule has 1 aliphatic heterocycles. The van der Waals surface area contributed by atoms with Crippen LogP contribution < -0.4 is 14.8 Å². The van der Waals surface area contributed by atoms with Crippen LogP contribution in [-0.4, -0.2) is 69.8 Å². The molecule has 200 valence electrons. The van der Waals surface area contributed by atoms with E-state index in [2.05, 4.69) is 26.1 Å². The predicted molar refractivity (Wildman–Crippen MR) is 145 cm³/mol. The van der Waals surface area contributed by atoms with Crippen molar-refractivity contribution in [1.82, 2.24) is 19.6 Å². The summed E-state index contributed by atoms with van der Waals surface area (Å²) in [7, 11) is 0.314. The third-order valence-electron chi connectivity index (χ3n) is 6.01. The van der Waals surface area contributed by atoms with Crippen LogP contribution >= 0.6 is 0 Å². The molecule has 10 nitrogen and oxygen atoms in total. The van der Waals surface area contributed by atoms with Gasteiger partial charge in [-0.25, -0.2) is 23.1 Å². The fraction of sp³-hybridized carbons (Fsp3) is 0.370. The number of anilines is 2. The Morgan fingerprint density at radius 3 is 2.61 bits per heavy atom. The van der Waals surface area contributed by atoms with Gasteiger partial charge in [0.05, 0.1) is 29.4 Å². The first kappa shape index (κ1) is 27.5. The summed E-state index contributed by atoms with van der Waals surface area (Å²) in [4.78, 5) is 11.0. The number of nitriles is 1. The average molecular weight is 537 g/mol. The van der Waals surface area contributed by atoms with Crippen LogP contribution in [0.15, 0.2) is 59.6 Å². The Hall–Kier alpha value is -3.56. The van der Waals surface area contributed by atoms with Gasteiger partial charge in [-0.05, 0) is 75.6 Å². The third kappa shape index (κ3) is 7.49. The van der Waals surface area contributed by atoms with E-state index in [0.29, 0.717) is 48.4 Å². The molecule has 38 heavy (non-hydrogen) atoms. The summed E-state index contributed by atoms with van der Waals surface area (Å²) in [5.74, 6) is 0.902. The number of benzene rings is 2. The zero-order valence-electron chi connectivity index (χ0n) is 21.6. The quantitative estimate of drug-likeness (QED) is 0.353. The molecule has 0 amide bonds. The number of hydrogen-bond acceptors (Lipinski definition) is 9. The Balaban J connectivity index is 1.42. The van der Waals surface area contributed by atoms with Gasteiger partial charge in [0.2, 0.25) is 16.0 Å². The summed E-state index contributed by atoms with van der Waals surface area (Å²) < 4.78 is 39.1. The lowest BCUT2D eigenvalue weighted by molar-refractivity contribution is 0.0254. The second-order valence-corrected chi connectivity index (χ2v) is 11.0. The topological polar surface area (TPSA) is 129 Å². The van der Waals surface area contributed by atoms with Gasteiger partial charge in [-0.15, -0.1) is 0 Å². The summed E-state index contributed by atoms with van der Waals surface area (Å²) in [6.07, 6.45) is 3.99. The number of aromatic nitrogens is 2. The van der Waals surface area contributed by atoms with Gasteiger partial charge in [0, 0.05) is 36.8 Å². The molecule has 4 rings (SSSR count). The lowest BCUT2D eigenvalue weighted by Gasteiger charge is -2.23. The number of sulfonamides is 1. The fourth-order valence-corrected chi connectivity index (χ4v) is 5.04. The molecule has 1 aliphatic rings. The summed E-state index contributed by atoms with van der Waals surface area (Å²) in [5.41, 5.74) is 2.48. The molecule has 1 aromatic heterocycles. The minimum absolute atomic E-state index is 0.0387. The maximum Gasteiger partial charge on any atom is 0.240 e. The van der Waals surface area contributed by atoms with E-state index in [1.54, 1.807) is 36.5 Å². The van der Waals surface area contributed by atoms with E-state index in [-0.39, 0.29) is 11.0 Å². The molecule has 1 saturated heterocycles. The van der Waals surface area contributed by atoms with Crippen LogP contribution in [0.3, 0.4) is 0 Å². The number of hydrogen-bond donors (Lipinski definition) is 2. The Morgan fingerprint density at radius 1 is 1.13 bits per heavy atom. The molecule has 0 saturated carbocycles. The highest BCUT2D eigenvalue weighted by Crippen LogP contribution is 2.28. The van der Waals surface area contributed by atoms with E-state index < -0.39 is 10.0 Å². The van der Waals surface area contributed by atoms with Gasteiger partial charge in [-0.1, -0.05) is 0 Å². The Morgan fingerprint density at radius 2 is 1.89 bits per heavy atom. The fourth-order valence-electron chi connectivity index (χ4n) is 3.96.